The zero-order valence-corrected chi connectivity index (χ0v) is 9.01. The number of hydrogen-bond acceptors (Lipinski definition) is 3. The van der Waals surface area contributed by atoms with Crippen LogP contribution in [-0.4, -0.2) is 9.97 Å². The van der Waals surface area contributed by atoms with Crippen molar-refractivity contribution in [3.63, 3.8) is 0 Å². The Balaban J connectivity index is 2.25. The molecule has 0 radical (unpaired) electrons. The van der Waals surface area contributed by atoms with Crippen LogP contribution in [0.4, 0.5) is 9.52 Å². The van der Waals surface area contributed by atoms with Gasteiger partial charge in [0.2, 0.25) is 0 Å². The molecule has 3 nitrogen and oxygen atoms in total. The van der Waals surface area contributed by atoms with Crippen molar-refractivity contribution < 1.29 is 4.39 Å². The van der Waals surface area contributed by atoms with Gasteiger partial charge in [-0.05, 0) is 18.2 Å². The predicted molar refractivity (Wildman–Crippen MR) is 63.8 cm³/mol. The number of anilines is 1. The first kappa shape index (κ1) is 9.35. The Bertz CT molecular complexity index is 656. The SMILES string of the molecule is Nc1nc(-c2c[nH]c3cc(F)ccc23)cs1. The Morgan fingerprint density at radius 3 is 3.00 bits per heavy atom. The topological polar surface area (TPSA) is 54.7 Å². The summed E-state index contributed by atoms with van der Waals surface area (Å²) in [4.78, 5) is 7.23. The van der Waals surface area contributed by atoms with Crippen molar-refractivity contribution in [3.05, 3.63) is 35.6 Å². The van der Waals surface area contributed by atoms with Gasteiger partial charge in [0.05, 0.1) is 5.69 Å². The molecular formula is C11H8FN3S. The molecule has 5 heteroatoms. The van der Waals surface area contributed by atoms with Crippen molar-refractivity contribution in [2.45, 2.75) is 0 Å². The van der Waals surface area contributed by atoms with Crippen molar-refractivity contribution in [2.75, 3.05) is 5.73 Å². The summed E-state index contributed by atoms with van der Waals surface area (Å²) in [5.74, 6) is -0.251. The maximum atomic E-state index is 13.0. The lowest BCUT2D eigenvalue weighted by atomic mass is 10.1. The molecule has 1 aromatic carbocycles. The summed E-state index contributed by atoms with van der Waals surface area (Å²) in [7, 11) is 0. The summed E-state index contributed by atoms with van der Waals surface area (Å²) in [6.07, 6.45) is 1.82. The van der Waals surface area contributed by atoms with Crippen LogP contribution < -0.4 is 5.73 Å². The van der Waals surface area contributed by atoms with Crippen molar-refractivity contribution in [3.8, 4) is 11.3 Å². The molecule has 0 atom stereocenters. The van der Waals surface area contributed by atoms with Crippen LogP contribution in [-0.2, 0) is 0 Å². The molecule has 0 fully saturated rings. The highest BCUT2D eigenvalue weighted by molar-refractivity contribution is 7.13. The van der Waals surface area contributed by atoms with Crippen LogP contribution in [0.5, 0.6) is 0 Å². The van der Waals surface area contributed by atoms with Gasteiger partial charge in [-0.25, -0.2) is 9.37 Å². The normalized spacial score (nSPS) is 11.1. The summed E-state index contributed by atoms with van der Waals surface area (Å²) in [6, 6.07) is 4.65. The minimum Gasteiger partial charge on any atom is -0.375 e. The fourth-order valence-electron chi connectivity index (χ4n) is 1.72. The van der Waals surface area contributed by atoms with Crippen LogP contribution in [0.3, 0.4) is 0 Å². The van der Waals surface area contributed by atoms with Crippen molar-refractivity contribution in [1.82, 2.24) is 9.97 Å². The number of nitrogens with one attached hydrogen (secondary N) is 1. The molecule has 0 unspecified atom stereocenters. The van der Waals surface area contributed by atoms with Gasteiger partial charge in [-0.2, -0.15) is 0 Å². The number of benzene rings is 1. The molecule has 0 amide bonds. The summed E-state index contributed by atoms with van der Waals surface area (Å²) in [5, 5.41) is 3.37. The van der Waals surface area contributed by atoms with E-state index in [1.54, 1.807) is 6.07 Å². The highest BCUT2D eigenvalue weighted by Gasteiger charge is 2.09. The van der Waals surface area contributed by atoms with Gasteiger partial charge in [0.25, 0.3) is 0 Å². The third kappa shape index (κ3) is 1.37. The molecule has 2 aromatic heterocycles. The van der Waals surface area contributed by atoms with Crippen LogP contribution in [0, 0.1) is 5.82 Å². The number of halogens is 1. The van der Waals surface area contributed by atoms with E-state index in [0.29, 0.717) is 5.13 Å². The summed E-state index contributed by atoms with van der Waals surface area (Å²) in [6.45, 7) is 0. The second-order valence-corrected chi connectivity index (χ2v) is 4.35. The van der Waals surface area contributed by atoms with Gasteiger partial charge >= 0.3 is 0 Å². The summed E-state index contributed by atoms with van der Waals surface area (Å²) < 4.78 is 13.0. The molecule has 0 aliphatic heterocycles. The van der Waals surface area contributed by atoms with Crippen molar-refractivity contribution in [1.29, 1.82) is 0 Å². The first-order valence-corrected chi connectivity index (χ1v) is 5.60. The minimum absolute atomic E-state index is 0.251. The minimum atomic E-state index is -0.251. The van der Waals surface area contributed by atoms with Crippen LogP contribution in [0.15, 0.2) is 29.8 Å². The molecule has 2 heterocycles. The van der Waals surface area contributed by atoms with Crippen LogP contribution >= 0.6 is 11.3 Å². The number of nitrogen functional groups attached to an aromatic ring is 1. The Kier molecular flexibility index (Phi) is 1.94. The van der Waals surface area contributed by atoms with Gasteiger partial charge in [0.15, 0.2) is 5.13 Å². The van der Waals surface area contributed by atoms with Gasteiger partial charge in [-0.15, -0.1) is 11.3 Å². The average molecular weight is 233 g/mol. The lowest BCUT2D eigenvalue weighted by molar-refractivity contribution is 0.629. The number of fused-ring (bicyclic) bond motifs is 1. The molecule has 80 valence electrons. The fourth-order valence-corrected chi connectivity index (χ4v) is 2.28. The van der Waals surface area contributed by atoms with E-state index in [9.17, 15) is 4.39 Å². The molecule has 0 aliphatic carbocycles. The number of aromatic amines is 1. The Morgan fingerprint density at radius 2 is 2.25 bits per heavy atom. The van der Waals surface area contributed by atoms with Gasteiger partial charge in [0.1, 0.15) is 5.82 Å². The van der Waals surface area contributed by atoms with Gasteiger partial charge in [-0.1, -0.05) is 0 Å². The number of nitrogens with zero attached hydrogens (tertiary/aromatic N) is 1. The molecule has 0 saturated heterocycles. The number of nitrogens with two attached hydrogens (primary N) is 1. The molecule has 3 rings (SSSR count). The predicted octanol–water partition coefficient (Wildman–Crippen LogP) is 3.01. The molecule has 3 aromatic rings. The van der Waals surface area contributed by atoms with E-state index in [1.807, 2.05) is 11.6 Å². The van der Waals surface area contributed by atoms with Gasteiger partial charge < -0.3 is 10.7 Å². The van der Waals surface area contributed by atoms with E-state index in [2.05, 4.69) is 9.97 Å². The second kappa shape index (κ2) is 3.31. The highest BCUT2D eigenvalue weighted by Crippen LogP contribution is 2.30. The second-order valence-electron chi connectivity index (χ2n) is 3.46. The van der Waals surface area contributed by atoms with Crippen LogP contribution in [0.2, 0.25) is 0 Å². The van der Waals surface area contributed by atoms with Gasteiger partial charge in [-0.3, -0.25) is 0 Å². The monoisotopic (exact) mass is 233 g/mol. The standard InChI is InChI=1S/C11H8FN3S/c12-6-1-2-7-8(4-14-9(7)3-6)10-5-16-11(13)15-10/h1-5,14H,(H2,13,15). The zero-order chi connectivity index (χ0) is 11.1. The smallest absolute Gasteiger partial charge is 0.180 e. The molecule has 0 spiro atoms. The highest BCUT2D eigenvalue weighted by atomic mass is 32.1. The fraction of sp³-hybridized carbons (Fsp3) is 0. The number of rotatable bonds is 1. The van der Waals surface area contributed by atoms with E-state index in [1.165, 1.54) is 23.5 Å². The van der Waals surface area contributed by atoms with E-state index >= 15 is 0 Å². The average Bonchev–Trinajstić information content (AvgIpc) is 2.83. The van der Waals surface area contributed by atoms with Crippen LogP contribution in [0.25, 0.3) is 22.2 Å². The number of H-pyrrole nitrogens is 1. The number of aromatic nitrogens is 2. The molecule has 0 saturated carbocycles. The van der Waals surface area contributed by atoms with E-state index in [-0.39, 0.29) is 5.82 Å². The third-order valence-corrected chi connectivity index (χ3v) is 3.12. The Labute approximate surface area is 94.7 Å². The van der Waals surface area contributed by atoms with E-state index in [0.717, 1.165) is 22.2 Å². The van der Waals surface area contributed by atoms with Crippen molar-refractivity contribution >= 4 is 27.4 Å². The van der Waals surface area contributed by atoms with Gasteiger partial charge in [0, 0.05) is 28.0 Å². The largest absolute Gasteiger partial charge is 0.375 e. The maximum absolute atomic E-state index is 13.0. The van der Waals surface area contributed by atoms with E-state index < -0.39 is 0 Å². The summed E-state index contributed by atoms with van der Waals surface area (Å²) in [5.41, 5.74) is 8.12. The molecule has 3 N–H and O–H groups in total. The maximum Gasteiger partial charge on any atom is 0.180 e. The van der Waals surface area contributed by atoms with Crippen LogP contribution in [0.1, 0.15) is 0 Å². The zero-order valence-electron chi connectivity index (χ0n) is 8.20. The Morgan fingerprint density at radius 1 is 1.38 bits per heavy atom. The Hall–Kier alpha value is -1.88. The molecule has 16 heavy (non-hydrogen) atoms. The summed E-state index contributed by atoms with van der Waals surface area (Å²) >= 11 is 1.39. The molecular weight excluding hydrogens is 225 g/mol. The number of thiazole rings is 1. The first-order valence-electron chi connectivity index (χ1n) is 4.72. The van der Waals surface area contributed by atoms with Crippen molar-refractivity contribution in [2.24, 2.45) is 0 Å². The third-order valence-electron chi connectivity index (χ3n) is 2.44. The first-order chi connectivity index (χ1) is 7.74. The quantitative estimate of drug-likeness (QED) is 0.678. The lowest BCUT2D eigenvalue weighted by Crippen LogP contribution is -1.82. The molecule has 0 bridgehead atoms. The number of hydrogen-bond donors (Lipinski definition) is 2. The van der Waals surface area contributed by atoms with E-state index in [4.69, 9.17) is 5.73 Å². The lowest BCUT2D eigenvalue weighted by Gasteiger charge is -1.94. The molecule has 0 aliphatic rings.